The average molecular weight is 216 g/mol. The number of aliphatic hydroxyl groups is 1. The largest absolute Gasteiger partial charge is 0.396 e. The minimum atomic E-state index is -0.121. The molecule has 1 heterocycles. The first kappa shape index (κ1) is 10.9. The summed E-state index contributed by atoms with van der Waals surface area (Å²) < 4.78 is 0. The van der Waals surface area contributed by atoms with Gasteiger partial charge in [-0.25, -0.2) is 0 Å². The summed E-state index contributed by atoms with van der Waals surface area (Å²) in [6.07, 6.45) is 0.775. The number of thiazole rings is 1. The molecule has 0 aliphatic heterocycles. The molecule has 3 N–H and O–H groups in total. The van der Waals surface area contributed by atoms with Crippen LogP contribution >= 0.6 is 11.3 Å². The van der Waals surface area contributed by atoms with Crippen LogP contribution in [0.5, 0.6) is 0 Å². The van der Waals surface area contributed by atoms with E-state index < -0.39 is 0 Å². The van der Waals surface area contributed by atoms with E-state index >= 15 is 0 Å². The number of rotatable bonds is 5. The van der Waals surface area contributed by atoms with E-state index in [1.54, 1.807) is 5.38 Å². The fourth-order valence-electron chi connectivity index (χ4n) is 0.922. The molecule has 0 atom stereocenters. The SMILES string of the molecule is O=C(CCCO)NCc1csc(=O)[nH]1. The van der Waals surface area contributed by atoms with E-state index in [4.69, 9.17) is 5.11 Å². The molecule has 0 aliphatic carbocycles. The van der Waals surface area contributed by atoms with E-state index in [9.17, 15) is 9.59 Å². The number of H-pyrrole nitrogens is 1. The predicted octanol–water partition coefficient (Wildman–Crippen LogP) is -0.175. The summed E-state index contributed by atoms with van der Waals surface area (Å²) in [5.74, 6) is -0.119. The Morgan fingerprint density at radius 1 is 1.64 bits per heavy atom. The fraction of sp³-hybridized carbons (Fsp3) is 0.500. The number of hydrogen-bond donors (Lipinski definition) is 3. The van der Waals surface area contributed by atoms with Gasteiger partial charge in [0.2, 0.25) is 5.91 Å². The lowest BCUT2D eigenvalue weighted by atomic mass is 10.3. The van der Waals surface area contributed by atoms with Gasteiger partial charge in [0.15, 0.2) is 0 Å². The molecule has 0 radical (unpaired) electrons. The Kier molecular flexibility index (Phi) is 4.34. The van der Waals surface area contributed by atoms with Gasteiger partial charge in [0.05, 0.1) is 6.54 Å². The molecule has 0 spiro atoms. The first-order valence-electron chi connectivity index (χ1n) is 4.26. The Hall–Kier alpha value is -1.14. The predicted molar refractivity (Wildman–Crippen MR) is 53.1 cm³/mol. The molecule has 0 aliphatic rings. The van der Waals surface area contributed by atoms with Crippen molar-refractivity contribution in [2.45, 2.75) is 19.4 Å². The van der Waals surface area contributed by atoms with Crippen molar-refractivity contribution >= 4 is 17.2 Å². The smallest absolute Gasteiger partial charge is 0.304 e. The summed E-state index contributed by atoms with van der Waals surface area (Å²) in [7, 11) is 0. The van der Waals surface area contributed by atoms with Gasteiger partial charge in [-0.05, 0) is 6.42 Å². The highest BCUT2D eigenvalue weighted by atomic mass is 32.1. The van der Waals surface area contributed by atoms with E-state index in [0.717, 1.165) is 11.3 Å². The number of aliphatic hydroxyl groups excluding tert-OH is 1. The molecule has 6 heteroatoms. The number of carbonyl (C=O) groups excluding carboxylic acids is 1. The second-order valence-corrected chi connectivity index (χ2v) is 3.62. The van der Waals surface area contributed by atoms with Gasteiger partial charge in [-0.1, -0.05) is 11.3 Å². The molecule has 5 nitrogen and oxygen atoms in total. The first-order valence-corrected chi connectivity index (χ1v) is 5.14. The Balaban J connectivity index is 2.27. The second-order valence-electron chi connectivity index (χ2n) is 2.78. The van der Waals surface area contributed by atoms with Crippen LogP contribution < -0.4 is 10.2 Å². The average Bonchev–Trinajstić information content (AvgIpc) is 2.58. The van der Waals surface area contributed by atoms with Crippen LogP contribution in [0.3, 0.4) is 0 Å². The van der Waals surface area contributed by atoms with E-state index in [-0.39, 0.29) is 17.4 Å². The Labute approximate surface area is 84.8 Å². The summed E-state index contributed by atoms with van der Waals surface area (Å²) in [6.45, 7) is 0.353. The highest BCUT2D eigenvalue weighted by Crippen LogP contribution is 1.95. The molecule has 14 heavy (non-hydrogen) atoms. The van der Waals surface area contributed by atoms with Gasteiger partial charge in [0, 0.05) is 24.1 Å². The second kappa shape index (κ2) is 5.56. The third-order valence-electron chi connectivity index (χ3n) is 1.61. The molecule has 0 saturated heterocycles. The van der Waals surface area contributed by atoms with E-state index in [2.05, 4.69) is 10.3 Å². The molecular weight excluding hydrogens is 204 g/mol. The maximum Gasteiger partial charge on any atom is 0.304 e. The topological polar surface area (TPSA) is 82.2 Å². The molecule has 0 bridgehead atoms. The number of hydrogen-bond acceptors (Lipinski definition) is 4. The van der Waals surface area contributed by atoms with Crippen molar-refractivity contribution in [1.29, 1.82) is 0 Å². The monoisotopic (exact) mass is 216 g/mol. The number of carbonyl (C=O) groups is 1. The van der Waals surface area contributed by atoms with Crippen LogP contribution in [-0.4, -0.2) is 22.6 Å². The van der Waals surface area contributed by atoms with Gasteiger partial charge in [-0.2, -0.15) is 0 Å². The van der Waals surface area contributed by atoms with Crippen molar-refractivity contribution in [3.05, 3.63) is 20.7 Å². The van der Waals surface area contributed by atoms with Crippen molar-refractivity contribution < 1.29 is 9.90 Å². The zero-order valence-electron chi connectivity index (χ0n) is 7.58. The minimum absolute atomic E-state index is 0.0166. The quantitative estimate of drug-likeness (QED) is 0.639. The van der Waals surface area contributed by atoms with Gasteiger partial charge in [-0.15, -0.1) is 0 Å². The Morgan fingerprint density at radius 3 is 3.00 bits per heavy atom. The van der Waals surface area contributed by atoms with E-state index in [1.165, 1.54) is 0 Å². The standard InChI is InChI=1S/C8H12N2O3S/c11-3-1-2-7(12)9-4-6-5-14-8(13)10-6/h5,11H,1-4H2,(H,9,12)(H,10,13). The Bertz CT molecular complexity index is 344. The molecule has 1 aromatic heterocycles. The Morgan fingerprint density at radius 2 is 2.43 bits per heavy atom. The highest BCUT2D eigenvalue weighted by molar-refractivity contribution is 7.07. The van der Waals surface area contributed by atoms with Crippen molar-refractivity contribution in [2.24, 2.45) is 0 Å². The summed E-state index contributed by atoms with van der Waals surface area (Å²) >= 11 is 1.07. The zero-order valence-corrected chi connectivity index (χ0v) is 8.39. The lowest BCUT2D eigenvalue weighted by Gasteiger charge is -2.01. The van der Waals surface area contributed by atoms with Gasteiger partial charge in [0.25, 0.3) is 0 Å². The molecule has 78 valence electrons. The van der Waals surface area contributed by atoms with Crippen molar-refractivity contribution in [3.63, 3.8) is 0 Å². The molecule has 0 unspecified atom stereocenters. The summed E-state index contributed by atoms with van der Waals surface area (Å²) in [5.41, 5.74) is 0.706. The number of aromatic amines is 1. The normalized spacial score (nSPS) is 10.1. The van der Waals surface area contributed by atoms with Gasteiger partial charge in [0.1, 0.15) is 0 Å². The van der Waals surface area contributed by atoms with Crippen LogP contribution in [0.1, 0.15) is 18.5 Å². The number of nitrogens with one attached hydrogen (secondary N) is 2. The zero-order chi connectivity index (χ0) is 10.4. The molecular formula is C8H12N2O3S. The van der Waals surface area contributed by atoms with Crippen molar-refractivity contribution in [2.75, 3.05) is 6.61 Å². The summed E-state index contributed by atoms with van der Waals surface area (Å²) in [4.78, 5) is 24.3. The maximum atomic E-state index is 11.1. The maximum absolute atomic E-state index is 11.1. The molecule has 1 aromatic rings. The number of amides is 1. The van der Waals surface area contributed by atoms with E-state index in [0.29, 0.717) is 25.1 Å². The van der Waals surface area contributed by atoms with Crippen LogP contribution in [0, 0.1) is 0 Å². The number of aromatic nitrogens is 1. The molecule has 1 amide bonds. The minimum Gasteiger partial charge on any atom is -0.396 e. The van der Waals surface area contributed by atoms with Crippen molar-refractivity contribution in [3.8, 4) is 0 Å². The van der Waals surface area contributed by atoms with Crippen LogP contribution in [0.15, 0.2) is 10.2 Å². The van der Waals surface area contributed by atoms with Crippen LogP contribution in [-0.2, 0) is 11.3 Å². The van der Waals surface area contributed by atoms with Crippen molar-refractivity contribution in [1.82, 2.24) is 10.3 Å². The first-order chi connectivity index (χ1) is 6.72. The molecule has 1 rings (SSSR count). The van der Waals surface area contributed by atoms with E-state index in [1.807, 2.05) is 0 Å². The van der Waals surface area contributed by atoms with Crippen LogP contribution in [0.4, 0.5) is 0 Å². The summed E-state index contributed by atoms with van der Waals surface area (Å²) in [5, 5.41) is 12.8. The fourth-order valence-corrected chi connectivity index (χ4v) is 1.50. The van der Waals surface area contributed by atoms with Gasteiger partial charge in [-0.3, -0.25) is 9.59 Å². The van der Waals surface area contributed by atoms with Crippen LogP contribution in [0.2, 0.25) is 0 Å². The molecule has 0 fully saturated rings. The third-order valence-corrected chi connectivity index (χ3v) is 2.33. The van der Waals surface area contributed by atoms with Gasteiger partial charge >= 0.3 is 4.87 Å². The summed E-state index contributed by atoms with van der Waals surface area (Å²) in [6, 6.07) is 0. The lowest BCUT2D eigenvalue weighted by Crippen LogP contribution is -2.23. The molecule has 0 aromatic carbocycles. The molecule has 0 saturated carbocycles. The van der Waals surface area contributed by atoms with Crippen LogP contribution in [0.25, 0.3) is 0 Å². The third kappa shape index (κ3) is 3.71. The highest BCUT2D eigenvalue weighted by Gasteiger charge is 2.01. The lowest BCUT2D eigenvalue weighted by molar-refractivity contribution is -0.121. The van der Waals surface area contributed by atoms with Gasteiger partial charge < -0.3 is 15.4 Å².